The van der Waals surface area contributed by atoms with Crippen molar-refractivity contribution >= 4 is 18.4 Å². The van der Waals surface area contributed by atoms with Gasteiger partial charge in [0.2, 0.25) is 0 Å². The summed E-state index contributed by atoms with van der Waals surface area (Å²) >= 11 is 0. The Hall–Kier alpha value is -1.33. The fourth-order valence-electron chi connectivity index (χ4n) is 1.31. The maximum atomic E-state index is 12.6. The molecule has 4 nitrogen and oxygen atoms in total. The van der Waals surface area contributed by atoms with Gasteiger partial charge in [0.25, 0.3) is 0 Å². The predicted octanol–water partition coefficient (Wildman–Crippen LogP) is 1.39. The molecule has 102 valence electrons. The van der Waals surface area contributed by atoms with Gasteiger partial charge in [-0.1, -0.05) is 12.1 Å². The third kappa shape index (κ3) is 7.09. The van der Waals surface area contributed by atoms with Gasteiger partial charge < -0.3 is 16.8 Å². The average Bonchev–Trinajstić information content (AvgIpc) is 2.34. The minimum atomic E-state index is -0.245. The maximum absolute atomic E-state index is 12.6. The molecule has 0 aliphatic carbocycles. The number of nitrogens with two attached hydrogens (primary N) is 2. The van der Waals surface area contributed by atoms with Crippen LogP contribution in [0.4, 0.5) is 4.39 Å². The van der Waals surface area contributed by atoms with Crippen LogP contribution in [0.2, 0.25) is 0 Å². The molecule has 0 aromatic heterocycles. The summed E-state index contributed by atoms with van der Waals surface area (Å²) in [7, 11) is 0. The van der Waals surface area contributed by atoms with E-state index in [4.69, 9.17) is 11.5 Å². The third-order valence-corrected chi connectivity index (χ3v) is 2.28. The first-order valence-corrected chi connectivity index (χ1v) is 5.70. The van der Waals surface area contributed by atoms with Gasteiger partial charge in [-0.3, -0.25) is 0 Å². The molecule has 0 aliphatic rings. The number of aliphatic imine (C=N–C) groups is 1. The SMILES string of the molecule is Cl.NCCCCNC(N)=NCc1ccc(F)cc1. The topological polar surface area (TPSA) is 76.4 Å². The van der Waals surface area contributed by atoms with E-state index >= 15 is 0 Å². The van der Waals surface area contributed by atoms with E-state index in [-0.39, 0.29) is 18.2 Å². The normalized spacial score (nSPS) is 10.9. The van der Waals surface area contributed by atoms with Crippen LogP contribution in [-0.2, 0) is 6.54 Å². The summed E-state index contributed by atoms with van der Waals surface area (Å²) in [6.45, 7) is 1.92. The zero-order valence-electron chi connectivity index (χ0n) is 10.2. The quantitative estimate of drug-likeness (QED) is 0.417. The summed E-state index contributed by atoms with van der Waals surface area (Å²) in [6.07, 6.45) is 1.95. The lowest BCUT2D eigenvalue weighted by Crippen LogP contribution is -2.32. The molecule has 6 heteroatoms. The van der Waals surface area contributed by atoms with Crippen LogP contribution in [-0.4, -0.2) is 19.0 Å². The van der Waals surface area contributed by atoms with Crippen LogP contribution in [0.25, 0.3) is 0 Å². The van der Waals surface area contributed by atoms with E-state index in [2.05, 4.69) is 10.3 Å². The van der Waals surface area contributed by atoms with Crippen LogP contribution >= 0.6 is 12.4 Å². The molecule has 0 saturated carbocycles. The average molecular weight is 275 g/mol. The summed E-state index contributed by atoms with van der Waals surface area (Å²) in [5.41, 5.74) is 12.0. The molecule has 18 heavy (non-hydrogen) atoms. The minimum absolute atomic E-state index is 0. The molecular formula is C12H20ClFN4. The highest BCUT2D eigenvalue weighted by molar-refractivity contribution is 5.85. The fourth-order valence-corrected chi connectivity index (χ4v) is 1.31. The number of nitrogens with one attached hydrogen (secondary N) is 1. The van der Waals surface area contributed by atoms with Gasteiger partial charge in [-0.25, -0.2) is 9.38 Å². The largest absolute Gasteiger partial charge is 0.370 e. The van der Waals surface area contributed by atoms with Crippen molar-refractivity contribution in [3.63, 3.8) is 0 Å². The number of hydrogen-bond donors (Lipinski definition) is 3. The van der Waals surface area contributed by atoms with Gasteiger partial charge in [0.1, 0.15) is 5.82 Å². The Bertz CT molecular complexity index is 354. The summed E-state index contributed by atoms with van der Waals surface area (Å²) in [5, 5.41) is 3.00. The van der Waals surface area contributed by atoms with Gasteiger partial charge in [-0.05, 0) is 37.1 Å². The van der Waals surface area contributed by atoms with E-state index in [1.54, 1.807) is 12.1 Å². The van der Waals surface area contributed by atoms with Gasteiger partial charge >= 0.3 is 0 Å². The molecule has 0 unspecified atom stereocenters. The molecule has 5 N–H and O–H groups in total. The highest BCUT2D eigenvalue weighted by atomic mass is 35.5. The number of nitrogens with zero attached hydrogens (tertiary/aromatic N) is 1. The highest BCUT2D eigenvalue weighted by Gasteiger charge is 1.94. The number of guanidine groups is 1. The van der Waals surface area contributed by atoms with Crippen LogP contribution in [0.15, 0.2) is 29.3 Å². The minimum Gasteiger partial charge on any atom is -0.370 e. The van der Waals surface area contributed by atoms with Gasteiger partial charge in [-0.2, -0.15) is 0 Å². The van der Waals surface area contributed by atoms with Gasteiger partial charge in [0.05, 0.1) is 6.54 Å². The Morgan fingerprint density at radius 2 is 1.89 bits per heavy atom. The lowest BCUT2D eigenvalue weighted by molar-refractivity contribution is 0.627. The Morgan fingerprint density at radius 3 is 2.50 bits per heavy atom. The first kappa shape index (κ1) is 16.7. The van der Waals surface area contributed by atoms with Gasteiger partial charge in [-0.15, -0.1) is 12.4 Å². The van der Waals surface area contributed by atoms with Crippen molar-refractivity contribution in [2.24, 2.45) is 16.5 Å². The van der Waals surface area contributed by atoms with E-state index in [1.807, 2.05) is 0 Å². The van der Waals surface area contributed by atoms with Crippen molar-refractivity contribution in [2.45, 2.75) is 19.4 Å². The standard InChI is InChI=1S/C12H19FN4.ClH/c13-11-5-3-10(4-6-11)9-17-12(15)16-8-2-1-7-14;/h3-6H,1-2,7-9,14H2,(H3,15,16,17);1H. The van der Waals surface area contributed by atoms with Crippen molar-refractivity contribution < 1.29 is 4.39 Å². The summed E-state index contributed by atoms with van der Waals surface area (Å²) < 4.78 is 12.6. The second-order valence-electron chi connectivity index (χ2n) is 3.75. The molecule has 0 saturated heterocycles. The van der Waals surface area contributed by atoms with Crippen LogP contribution < -0.4 is 16.8 Å². The number of hydrogen-bond acceptors (Lipinski definition) is 2. The van der Waals surface area contributed by atoms with Crippen molar-refractivity contribution in [1.82, 2.24) is 5.32 Å². The molecule has 0 bridgehead atoms. The first-order chi connectivity index (χ1) is 8.22. The van der Waals surface area contributed by atoms with Crippen molar-refractivity contribution in [1.29, 1.82) is 0 Å². The molecule has 0 amide bonds. The van der Waals surface area contributed by atoms with Crippen molar-refractivity contribution in [2.75, 3.05) is 13.1 Å². The van der Waals surface area contributed by atoms with Gasteiger partial charge in [0, 0.05) is 6.54 Å². The van der Waals surface area contributed by atoms with E-state index in [0.29, 0.717) is 19.0 Å². The third-order valence-electron chi connectivity index (χ3n) is 2.28. The first-order valence-electron chi connectivity index (χ1n) is 5.70. The zero-order valence-corrected chi connectivity index (χ0v) is 11.0. The molecule has 0 aliphatic heterocycles. The second kappa shape index (κ2) is 9.67. The monoisotopic (exact) mass is 274 g/mol. The van der Waals surface area contributed by atoms with E-state index < -0.39 is 0 Å². The van der Waals surface area contributed by atoms with E-state index in [9.17, 15) is 4.39 Å². The smallest absolute Gasteiger partial charge is 0.188 e. The molecule has 1 aromatic carbocycles. The number of rotatable bonds is 6. The highest BCUT2D eigenvalue weighted by Crippen LogP contribution is 2.03. The predicted molar refractivity (Wildman–Crippen MR) is 75.3 cm³/mol. The molecule has 0 spiro atoms. The van der Waals surface area contributed by atoms with Crippen LogP contribution in [0, 0.1) is 5.82 Å². The Kier molecular flexibility index (Phi) is 8.96. The Labute approximate surface area is 113 Å². The molecule has 1 aromatic rings. The summed E-state index contributed by atoms with van der Waals surface area (Å²) in [6, 6.07) is 6.21. The molecule has 0 radical (unpaired) electrons. The number of unbranched alkanes of at least 4 members (excludes halogenated alkanes) is 1. The molecule has 1 rings (SSSR count). The van der Waals surface area contributed by atoms with Crippen LogP contribution in [0.1, 0.15) is 18.4 Å². The lowest BCUT2D eigenvalue weighted by Gasteiger charge is -2.04. The molecule has 0 atom stereocenters. The van der Waals surface area contributed by atoms with E-state index in [1.165, 1.54) is 12.1 Å². The Morgan fingerprint density at radius 1 is 1.22 bits per heavy atom. The lowest BCUT2D eigenvalue weighted by atomic mass is 10.2. The molecule has 0 heterocycles. The van der Waals surface area contributed by atoms with Crippen molar-refractivity contribution in [3.05, 3.63) is 35.6 Å². The Balaban J connectivity index is 0.00000289. The van der Waals surface area contributed by atoms with Crippen LogP contribution in [0.5, 0.6) is 0 Å². The number of benzene rings is 1. The van der Waals surface area contributed by atoms with Crippen molar-refractivity contribution in [3.8, 4) is 0 Å². The van der Waals surface area contributed by atoms with E-state index in [0.717, 1.165) is 24.9 Å². The zero-order chi connectivity index (χ0) is 12.5. The summed E-state index contributed by atoms with van der Waals surface area (Å²) in [4.78, 5) is 4.15. The maximum Gasteiger partial charge on any atom is 0.188 e. The molecule has 0 fully saturated rings. The second-order valence-corrected chi connectivity index (χ2v) is 3.75. The van der Waals surface area contributed by atoms with Crippen LogP contribution in [0.3, 0.4) is 0 Å². The number of halogens is 2. The van der Waals surface area contributed by atoms with Gasteiger partial charge in [0.15, 0.2) is 5.96 Å². The fraction of sp³-hybridized carbons (Fsp3) is 0.417. The molecular weight excluding hydrogens is 255 g/mol. The summed E-state index contributed by atoms with van der Waals surface area (Å²) in [5.74, 6) is 0.164.